The first kappa shape index (κ1) is 19.7. The number of carbonyl (C=O) groups excluding carboxylic acids is 1. The number of benzene rings is 3. The Morgan fingerprint density at radius 2 is 2.00 bits per heavy atom. The molecule has 1 unspecified atom stereocenters. The van der Waals surface area contributed by atoms with Gasteiger partial charge in [-0.3, -0.25) is 4.79 Å². The van der Waals surface area contributed by atoms with Crippen LogP contribution in [-0.2, 0) is 11.3 Å². The molecule has 1 aliphatic rings. The van der Waals surface area contributed by atoms with Gasteiger partial charge in [0, 0.05) is 6.54 Å². The zero-order chi connectivity index (χ0) is 19.0. The van der Waals surface area contributed by atoms with Crippen LogP contribution >= 0.6 is 12.4 Å². The van der Waals surface area contributed by atoms with Gasteiger partial charge in [-0.15, -0.1) is 12.4 Å². The van der Waals surface area contributed by atoms with E-state index in [1.54, 1.807) is 17.0 Å². The molecule has 28 heavy (non-hydrogen) atoms. The number of halogens is 1. The third-order valence-corrected chi connectivity index (χ3v) is 5.10. The van der Waals surface area contributed by atoms with Gasteiger partial charge in [0.05, 0.1) is 29.6 Å². The van der Waals surface area contributed by atoms with Crippen molar-refractivity contribution in [1.29, 1.82) is 5.26 Å². The number of nitrogens with one attached hydrogen (secondary N) is 1. The molecule has 3 N–H and O–H groups in total. The van der Waals surface area contributed by atoms with Crippen molar-refractivity contribution < 1.29 is 4.79 Å². The Balaban J connectivity index is 0.00000225. The van der Waals surface area contributed by atoms with Crippen molar-refractivity contribution in [3.05, 3.63) is 71.3 Å². The van der Waals surface area contributed by atoms with Crippen LogP contribution < -0.4 is 16.0 Å². The molecule has 1 atom stereocenters. The lowest BCUT2D eigenvalue weighted by Crippen LogP contribution is -2.45. The molecule has 0 fully saturated rings. The molecule has 3 aromatic carbocycles. The summed E-state index contributed by atoms with van der Waals surface area (Å²) in [5.74, 6) is -0.127. The average molecular weight is 393 g/mol. The van der Waals surface area contributed by atoms with E-state index in [4.69, 9.17) is 5.73 Å². The lowest BCUT2D eigenvalue weighted by molar-refractivity contribution is -0.119. The number of aryl methyl sites for hydroxylation is 1. The summed E-state index contributed by atoms with van der Waals surface area (Å²) in [5, 5.41) is 14.7. The minimum atomic E-state index is -0.641. The standard InChI is InChI=1S/C22H20N4O.ClH/c1-14-6-8-16-4-2-3-5-17(16)18(14)13-26-21-9-7-15(11-23)10-20(21)25-12-19(24)22(26)27;/h2-10,19,25H,12-13,24H2,1H3;1H. The molecule has 1 aliphatic heterocycles. The van der Waals surface area contributed by atoms with E-state index in [1.807, 2.05) is 18.2 Å². The van der Waals surface area contributed by atoms with E-state index in [-0.39, 0.29) is 18.3 Å². The number of nitrogens with two attached hydrogens (primary N) is 1. The topological polar surface area (TPSA) is 82.2 Å². The van der Waals surface area contributed by atoms with Crippen LogP contribution in [0.2, 0.25) is 0 Å². The molecule has 0 radical (unpaired) electrons. The molecule has 0 saturated carbocycles. The van der Waals surface area contributed by atoms with Crippen molar-refractivity contribution >= 4 is 40.5 Å². The Hall–Kier alpha value is -3.07. The van der Waals surface area contributed by atoms with Gasteiger partial charge in [0.2, 0.25) is 5.91 Å². The molecule has 1 heterocycles. The predicted molar refractivity (Wildman–Crippen MR) is 115 cm³/mol. The molecule has 3 aromatic rings. The van der Waals surface area contributed by atoms with Crippen molar-refractivity contribution in [1.82, 2.24) is 0 Å². The quantitative estimate of drug-likeness (QED) is 0.696. The fourth-order valence-electron chi connectivity index (χ4n) is 3.58. The smallest absolute Gasteiger partial charge is 0.246 e. The van der Waals surface area contributed by atoms with Crippen LogP contribution in [0.15, 0.2) is 54.6 Å². The molecule has 4 rings (SSSR count). The highest BCUT2D eigenvalue weighted by molar-refractivity contribution is 6.02. The monoisotopic (exact) mass is 392 g/mol. The van der Waals surface area contributed by atoms with Crippen LogP contribution in [0.4, 0.5) is 11.4 Å². The summed E-state index contributed by atoms with van der Waals surface area (Å²) < 4.78 is 0. The SMILES string of the molecule is Cc1ccc2ccccc2c1CN1C(=O)C(N)CNc2cc(C#N)ccc21.Cl. The van der Waals surface area contributed by atoms with Crippen molar-refractivity contribution in [2.45, 2.75) is 19.5 Å². The van der Waals surface area contributed by atoms with Gasteiger partial charge in [-0.05, 0) is 47.0 Å². The zero-order valence-corrected chi connectivity index (χ0v) is 16.3. The molecule has 0 bridgehead atoms. The number of fused-ring (bicyclic) bond motifs is 2. The molecule has 1 amide bonds. The molecule has 0 aliphatic carbocycles. The van der Waals surface area contributed by atoms with Crippen molar-refractivity contribution in [2.75, 3.05) is 16.8 Å². The first-order chi connectivity index (χ1) is 13.1. The second-order valence-corrected chi connectivity index (χ2v) is 6.84. The minimum absolute atomic E-state index is 0. The lowest BCUT2D eigenvalue weighted by atomic mass is 9.99. The summed E-state index contributed by atoms with van der Waals surface area (Å²) >= 11 is 0. The van der Waals surface area contributed by atoms with Gasteiger partial charge in [0.1, 0.15) is 6.04 Å². The summed E-state index contributed by atoms with van der Waals surface area (Å²) in [6.07, 6.45) is 0. The van der Waals surface area contributed by atoms with Crippen molar-refractivity contribution in [2.24, 2.45) is 5.73 Å². The fraction of sp³-hybridized carbons (Fsp3) is 0.182. The van der Waals surface area contributed by atoms with Gasteiger partial charge in [-0.25, -0.2) is 0 Å². The van der Waals surface area contributed by atoms with E-state index in [2.05, 4.69) is 42.6 Å². The Labute approximate surface area is 170 Å². The van der Waals surface area contributed by atoms with Crippen LogP contribution in [0.5, 0.6) is 0 Å². The number of carbonyl (C=O) groups is 1. The first-order valence-electron chi connectivity index (χ1n) is 8.90. The lowest BCUT2D eigenvalue weighted by Gasteiger charge is -2.26. The second kappa shape index (κ2) is 7.89. The van der Waals surface area contributed by atoms with Crippen LogP contribution in [0.3, 0.4) is 0 Å². The van der Waals surface area contributed by atoms with E-state index < -0.39 is 6.04 Å². The Bertz CT molecular complexity index is 1090. The summed E-state index contributed by atoms with van der Waals surface area (Å²) in [7, 11) is 0. The highest BCUT2D eigenvalue weighted by Gasteiger charge is 2.28. The largest absolute Gasteiger partial charge is 0.381 e. The number of anilines is 2. The van der Waals surface area contributed by atoms with Gasteiger partial charge in [0.15, 0.2) is 0 Å². The number of rotatable bonds is 2. The van der Waals surface area contributed by atoms with Crippen LogP contribution in [0.25, 0.3) is 10.8 Å². The summed E-state index contributed by atoms with van der Waals surface area (Å²) in [6.45, 7) is 2.83. The molecular weight excluding hydrogens is 372 g/mol. The van der Waals surface area contributed by atoms with Crippen LogP contribution in [-0.4, -0.2) is 18.5 Å². The maximum absolute atomic E-state index is 13.0. The number of hydrogen-bond donors (Lipinski definition) is 2. The molecule has 6 heteroatoms. The molecule has 5 nitrogen and oxygen atoms in total. The van der Waals surface area contributed by atoms with Gasteiger partial charge < -0.3 is 16.0 Å². The van der Waals surface area contributed by atoms with E-state index >= 15 is 0 Å². The van der Waals surface area contributed by atoms with E-state index in [0.29, 0.717) is 18.7 Å². The van der Waals surface area contributed by atoms with Crippen molar-refractivity contribution in [3.63, 3.8) is 0 Å². The third kappa shape index (κ3) is 3.40. The predicted octanol–water partition coefficient (Wildman–Crippen LogP) is 3.73. The van der Waals surface area contributed by atoms with E-state index in [9.17, 15) is 10.1 Å². The van der Waals surface area contributed by atoms with Gasteiger partial charge in [0.25, 0.3) is 0 Å². The van der Waals surface area contributed by atoms with Crippen LogP contribution in [0.1, 0.15) is 16.7 Å². The second-order valence-electron chi connectivity index (χ2n) is 6.84. The van der Waals surface area contributed by atoms with Gasteiger partial charge in [-0.1, -0.05) is 36.4 Å². The fourth-order valence-corrected chi connectivity index (χ4v) is 3.58. The zero-order valence-electron chi connectivity index (χ0n) is 15.5. The highest BCUT2D eigenvalue weighted by Crippen LogP contribution is 2.33. The maximum Gasteiger partial charge on any atom is 0.246 e. The number of amides is 1. The first-order valence-corrected chi connectivity index (χ1v) is 8.90. The summed E-state index contributed by atoms with van der Waals surface area (Å²) in [4.78, 5) is 14.7. The number of nitrogens with zero attached hydrogens (tertiary/aromatic N) is 2. The number of nitriles is 1. The Kier molecular flexibility index (Phi) is 5.55. The summed E-state index contributed by atoms with van der Waals surface area (Å²) in [6, 6.07) is 19.2. The molecular formula is C22H21ClN4O. The molecule has 0 spiro atoms. The number of hydrogen-bond acceptors (Lipinski definition) is 4. The Morgan fingerprint density at radius 3 is 2.79 bits per heavy atom. The summed E-state index contributed by atoms with van der Waals surface area (Å²) in [5.41, 5.74) is 10.4. The normalized spacial score (nSPS) is 15.8. The molecule has 142 valence electrons. The minimum Gasteiger partial charge on any atom is -0.381 e. The molecule has 0 aromatic heterocycles. The third-order valence-electron chi connectivity index (χ3n) is 5.10. The highest BCUT2D eigenvalue weighted by atomic mass is 35.5. The van der Waals surface area contributed by atoms with Crippen molar-refractivity contribution in [3.8, 4) is 6.07 Å². The average Bonchev–Trinajstić information content (AvgIpc) is 2.81. The van der Waals surface area contributed by atoms with E-state index in [0.717, 1.165) is 33.3 Å². The molecule has 0 saturated heterocycles. The Morgan fingerprint density at radius 1 is 1.21 bits per heavy atom. The van der Waals surface area contributed by atoms with Gasteiger partial charge in [-0.2, -0.15) is 5.26 Å². The van der Waals surface area contributed by atoms with E-state index in [1.165, 1.54) is 0 Å². The maximum atomic E-state index is 13.0. The van der Waals surface area contributed by atoms with Crippen LogP contribution in [0, 0.1) is 18.3 Å². The van der Waals surface area contributed by atoms with Gasteiger partial charge >= 0.3 is 0 Å².